The zero-order chi connectivity index (χ0) is 36.1. The number of fused-ring (bicyclic) bond motifs is 1. The molecule has 1 amide bonds. The summed E-state index contributed by atoms with van der Waals surface area (Å²) < 4.78 is 63.5. The molecule has 266 valence electrons. The first-order chi connectivity index (χ1) is 24.4. The SMILES string of the molecule is CC(C)(C#Cc1cc(NC(=O)C2(c3ccc4c(c3)OC(F)(F)O4)CC2)c(F)cc1NC[C@@H](O)COCc1ccccc1)COCc1ccccc1. The van der Waals surface area contributed by atoms with Gasteiger partial charge in [-0.25, -0.2) is 4.39 Å². The normalized spacial score (nSPS) is 15.7. The molecule has 1 saturated carbocycles. The van der Waals surface area contributed by atoms with Crippen LogP contribution in [0.4, 0.5) is 24.5 Å². The molecular weight excluding hydrogens is 661 g/mol. The van der Waals surface area contributed by atoms with Crippen molar-refractivity contribution < 1.29 is 42.0 Å². The lowest BCUT2D eigenvalue weighted by atomic mass is 9.94. The summed E-state index contributed by atoms with van der Waals surface area (Å²) in [6.07, 6.45) is -3.82. The van der Waals surface area contributed by atoms with Crippen LogP contribution < -0.4 is 20.1 Å². The molecule has 2 aliphatic rings. The Hall–Kier alpha value is -5.02. The van der Waals surface area contributed by atoms with Gasteiger partial charge < -0.3 is 34.7 Å². The number of alkyl halides is 2. The number of halogens is 3. The third-order valence-corrected chi connectivity index (χ3v) is 8.55. The summed E-state index contributed by atoms with van der Waals surface area (Å²) in [6, 6.07) is 26.2. The minimum atomic E-state index is -3.79. The molecular formula is C40H39F3N2O6. The lowest BCUT2D eigenvalue weighted by Crippen LogP contribution is -2.28. The molecule has 1 fully saturated rings. The van der Waals surface area contributed by atoms with Crippen molar-refractivity contribution in [1.82, 2.24) is 0 Å². The number of rotatable bonds is 14. The topological polar surface area (TPSA) is 98.3 Å². The third kappa shape index (κ3) is 9.21. The van der Waals surface area contributed by atoms with Crippen molar-refractivity contribution in [2.75, 3.05) is 30.4 Å². The van der Waals surface area contributed by atoms with Crippen LogP contribution in [0.15, 0.2) is 91.0 Å². The number of carbonyl (C=O) groups excluding carboxylic acids is 1. The number of carbonyl (C=O) groups is 1. The van der Waals surface area contributed by atoms with E-state index in [0.29, 0.717) is 49.5 Å². The van der Waals surface area contributed by atoms with E-state index < -0.39 is 35.0 Å². The molecule has 1 aliphatic heterocycles. The summed E-state index contributed by atoms with van der Waals surface area (Å²) in [7, 11) is 0. The van der Waals surface area contributed by atoms with Crippen molar-refractivity contribution in [3.05, 3.63) is 119 Å². The molecule has 0 radical (unpaired) electrons. The Balaban J connectivity index is 1.18. The molecule has 0 spiro atoms. The van der Waals surface area contributed by atoms with Crippen LogP contribution in [0.3, 0.4) is 0 Å². The number of ether oxygens (including phenoxy) is 4. The highest BCUT2D eigenvalue weighted by Gasteiger charge is 2.53. The third-order valence-electron chi connectivity index (χ3n) is 8.55. The standard InChI is InChI=1S/C40H39F3N2O6/c1-38(2,26-49-24-28-11-7-4-8-12-28)16-15-29-19-34(32(41)21-33(29)44-22-31(46)25-48-23-27-9-5-3-6-10-27)45-37(47)39(17-18-39)30-13-14-35-36(20-30)51-40(42,43)50-35/h3-14,19-21,31,44,46H,17-18,22-26H2,1-2H3,(H,45,47)/t31-/m1/s1. The van der Waals surface area contributed by atoms with Gasteiger partial charge in [0.05, 0.1) is 49.3 Å². The van der Waals surface area contributed by atoms with E-state index in [0.717, 1.165) is 11.1 Å². The van der Waals surface area contributed by atoms with Crippen LogP contribution in [-0.4, -0.2) is 43.2 Å². The zero-order valence-corrected chi connectivity index (χ0v) is 28.3. The molecule has 11 heteroatoms. The van der Waals surface area contributed by atoms with Crippen LogP contribution in [0.2, 0.25) is 0 Å². The van der Waals surface area contributed by atoms with Crippen LogP contribution >= 0.6 is 0 Å². The van der Waals surface area contributed by atoms with Crippen LogP contribution in [0.5, 0.6) is 11.5 Å². The number of amides is 1. The first-order valence-corrected chi connectivity index (χ1v) is 16.7. The summed E-state index contributed by atoms with van der Waals surface area (Å²) in [6.45, 7) is 5.02. The van der Waals surface area contributed by atoms with E-state index in [4.69, 9.17) is 9.47 Å². The van der Waals surface area contributed by atoms with Gasteiger partial charge in [-0.2, -0.15) is 0 Å². The van der Waals surface area contributed by atoms with Gasteiger partial charge in [0.2, 0.25) is 5.91 Å². The monoisotopic (exact) mass is 700 g/mol. The van der Waals surface area contributed by atoms with Crippen molar-refractivity contribution >= 4 is 17.3 Å². The van der Waals surface area contributed by atoms with Crippen molar-refractivity contribution in [2.24, 2.45) is 5.41 Å². The van der Waals surface area contributed by atoms with Gasteiger partial charge in [0.15, 0.2) is 11.5 Å². The minimum Gasteiger partial charge on any atom is -0.395 e. The second-order valence-corrected chi connectivity index (χ2v) is 13.4. The average molecular weight is 701 g/mol. The molecule has 4 aromatic carbocycles. The second-order valence-electron chi connectivity index (χ2n) is 13.4. The largest absolute Gasteiger partial charge is 0.586 e. The molecule has 4 aromatic rings. The molecule has 0 aromatic heterocycles. The van der Waals surface area contributed by atoms with Gasteiger partial charge in [0.25, 0.3) is 0 Å². The van der Waals surface area contributed by atoms with Gasteiger partial charge in [-0.3, -0.25) is 4.79 Å². The van der Waals surface area contributed by atoms with Crippen molar-refractivity contribution in [3.63, 3.8) is 0 Å². The summed E-state index contributed by atoms with van der Waals surface area (Å²) in [5.41, 5.74) is 1.42. The number of anilines is 2. The summed E-state index contributed by atoms with van der Waals surface area (Å²) in [4.78, 5) is 13.6. The number of benzene rings is 4. The van der Waals surface area contributed by atoms with Crippen molar-refractivity contribution in [1.29, 1.82) is 0 Å². The smallest absolute Gasteiger partial charge is 0.395 e. The van der Waals surface area contributed by atoms with E-state index in [-0.39, 0.29) is 30.3 Å². The molecule has 1 heterocycles. The van der Waals surface area contributed by atoms with Gasteiger partial charge in [-0.15, -0.1) is 8.78 Å². The number of aliphatic hydroxyl groups excluding tert-OH is 1. The Bertz CT molecular complexity index is 1910. The number of hydrogen-bond donors (Lipinski definition) is 3. The number of nitrogens with one attached hydrogen (secondary N) is 2. The molecule has 3 N–H and O–H groups in total. The molecule has 1 aliphatic carbocycles. The van der Waals surface area contributed by atoms with E-state index in [9.17, 15) is 18.7 Å². The van der Waals surface area contributed by atoms with Crippen molar-refractivity contribution in [3.8, 4) is 23.3 Å². The molecule has 8 nitrogen and oxygen atoms in total. The highest BCUT2D eigenvalue weighted by Crippen LogP contribution is 2.52. The second kappa shape index (κ2) is 15.1. The lowest BCUT2D eigenvalue weighted by Gasteiger charge is -2.19. The Morgan fingerprint density at radius 3 is 2.22 bits per heavy atom. The Morgan fingerprint density at radius 2 is 1.55 bits per heavy atom. The lowest BCUT2D eigenvalue weighted by molar-refractivity contribution is -0.286. The predicted molar refractivity (Wildman–Crippen MR) is 186 cm³/mol. The van der Waals surface area contributed by atoms with E-state index in [1.165, 1.54) is 30.3 Å². The molecule has 1 atom stereocenters. The summed E-state index contributed by atoms with van der Waals surface area (Å²) in [5.74, 6) is 4.83. The molecule has 0 bridgehead atoms. The fourth-order valence-corrected chi connectivity index (χ4v) is 5.62. The quantitative estimate of drug-likeness (QED) is 0.118. The highest BCUT2D eigenvalue weighted by atomic mass is 19.3. The Labute approximate surface area is 294 Å². The summed E-state index contributed by atoms with van der Waals surface area (Å²) in [5, 5.41) is 16.4. The van der Waals surface area contributed by atoms with Crippen molar-refractivity contribution in [2.45, 2.75) is 57.7 Å². The first kappa shape index (κ1) is 35.8. The Morgan fingerprint density at radius 1 is 0.902 bits per heavy atom. The van der Waals surface area contributed by atoms with Gasteiger partial charge in [-0.05, 0) is 61.6 Å². The zero-order valence-electron chi connectivity index (χ0n) is 28.3. The fourth-order valence-electron chi connectivity index (χ4n) is 5.62. The van der Waals surface area contributed by atoms with E-state index >= 15 is 4.39 Å². The fraction of sp³-hybridized carbons (Fsp3) is 0.325. The van der Waals surface area contributed by atoms with Crippen LogP contribution in [0.25, 0.3) is 0 Å². The van der Waals surface area contributed by atoms with Gasteiger partial charge >= 0.3 is 6.29 Å². The Kier molecular flexibility index (Phi) is 10.6. The average Bonchev–Trinajstić information content (AvgIpc) is 3.85. The van der Waals surface area contributed by atoms with Crippen LogP contribution in [0.1, 0.15) is 48.9 Å². The number of hydrogen-bond acceptors (Lipinski definition) is 7. The van der Waals surface area contributed by atoms with E-state index in [1.807, 2.05) is 74.5 Å². The van der Waals surface area contributed by atoms with E-state index in [1.54, 1.807) is 0 Å². The highest BCUT2D eigenvalue weighted by molar-refractivity contribution is 6.02. The maximum Gasteiger partial charge on any atom is 0.586 e. The van der Waals surface area contributed by atoms with Crippen LogP contribution in [0, 0.1) is 23.1 Å². The molecule has 51 heavy (non-hydrogen) atoms. The maximum absolute atomic E-state index is 15.7. The molecule has 0 unspecified atom stereocenters. The van der Waals surface area contributed by atoms with Crippen LogP contribution in [-0.2, 0) is 32.9 Å². The molecule has 0 saturated heterocycles. The number of aliphatic hydroxyl groups is 1. The maximum atomic E-state index is 15.7. The van der Waals surface area contributed by atoms with Gasteiger partial charge in [0, 0.05) is 23.6 Å². The van der Waals surface area contributed by atoms with Gasteiger partial charge in [-0.1, -0.05) is 78.6 Å². The predicted octanol–water partition coefficient (Wildman–Crippen LogP) is 7.40. The molecule has 6 rings (SSSR count). The van der Waals surface area contributed by atoms with Gasteiger partial charge in [0.1, 0.15) is 5.82 Å². The van der Waals surface area contributed by atoms with E-state index in [2.05, 4.69) is 31.9 Å². The minimum absolute atomic E-state index is 0.0461. The first-order valence-electron chi connectivity index (χ1n) is 16.7. The summed E-state index contributed by atoms with van der Waals surface area (Å²) >= 11 is 0.